The van der Waals surface area contributed by atoms with Crippen LogP contribution in [-0.2, 0) is 0 Å². The van der Waals surface area contributed by atoms with Crippen LogP contribution in [0.1, 0.15) is 0 Å². The van der Waals surface area contributed by atoms with E-state index in [2.05, 4.69) is 516 Å². The molecule has 132 heavy (non-hydrogen) atoms. The highest BCUT2D eigenvalue weighted by Gasteiger charge is 2.23. The molecule has 0 amide bonds. The summed E-state index contributed by atoms with van der Waals surface area (Å²) in [5.74, 6) is 1.35. The van der Waals surface area contributed by atoms with Gasteiger partial charge in [-0.1, -0.05) is 461 Å². The molecular weight excluding hydrogens is 1590 g/mol. The molecule has 0 aliphatic carbocycles. The highest BCUT2D eigenvalue weighted by Crippen LogP contribution is 2.46. The van der Waals surface area contributed by atoms with Gasteiger partial charge in [-0.05, 0) is 229 Å². The third-order valence-corrected chi connectivity index (χ3v) is 24.6. The van der Waals surface area contributed by atoms with Gasteiger partial charge in [0.05, 0.1) is 22.8 Å². The van der Waals surface area contributed by atoms with Crippen molar-refractivity contribution in [2.75, 3.05) is 0 Å². The Kier molecular flexibility index (Phi) is 23.5. The summed E-state index contributed by atoms with van der Waals surface area (Å²) in [5, 5.41) is 0. The molecule has 20 aromatic carbocycles. The predicted molar refractivity (Wildman–Crippen MR) is 553 cm³/mol. The molecule has 22 aromatic rings. The first-order chi connectivity index (χ1) is 65.4. The number of nitrogens with zero attached hydrogens (tertiary/aromatic N) is 4. The summed E-state index contributed by atoms with van der Waals surface area (Å²) < 4.78 is 0. The minimum Gasteiger partial charge on any atom is -0.228 e. The zero-order chi connectivity index (χ0) is 88.1. The van der Waals surface area contributed by atoms with Crippen molar-refractivity contribution in [2.24, 2.45) is 0 Å². The summed E-state index contributed by atoms with van der Waals surface area (Å²) in [7, 11) is 0. The number of rotatable bonds is 20. The smallest absolute Gasteiger partial charge is 0.161 e. The molecule has 2 aromatic heterocycles. The Balaban J connectivity index is 0.000000159. The standard InChI is InChI=1S/2C64H44N2/c1-7-21-45(22-8-1)56-33-19-20-34-59(56)64-65-62(50-31-17-6-18-32-50)44-63(66-64)55-40-53(51-35-37-57(46-23-9-2-10-24-46)60(42-51)48-27-13-4-14-28-48)39-54(41-55)52-36-38-58(47-25-11-3-12-26-47)61(43-52)49-29-15-5-16-30-49;1-7-19-45(20-8-1)46-31-33-52(34-32-46)64-65-62(51-29-17-6-18-30-51)44-63(66-64)57-40-55(53-35-37-58(47-21-9-2-10-22-47)60(42-53)49-25-13-4-14-26-49)39-56(41-57)54-36-38-59(48-23-11-3-12-24-48)61(43-54)50-27-15-5-16-28-50/h2*1-44H. The molecule has 0 saturated heterocycles. The van der Waals surface area contributed by atoms with Gasteiger partial charge in [0.2, 0.25) is 0 Å². The number of benzene rings is 20. The van der Waals surface area contributed by atoms with Crippen molar-refractivity contribution >= 4 is 0 Å². The van der Waals surface area contributed by atoms with E-state index < -0.39 is 0 Å². The van der Waals surface area contributed by atoms with Crippen molar-refractivity contribution in [1.82, 2.24) is 19.9 Å². The number of hydrogen-bond donors (Lipinski definition) is 0. The van der Waals surface area contributed by atoms with Gasteiger partial charge in [0.25, 0.3) is 0 Å². The Morgan fingerprint density at radius 1 is 0.0833 bits per heavy atom. The molecule has 4 nitrogen and oxygen atoms in total. The van der Waals surface area contributed by atoms with E-state index in [1.807, 2.05) is 18.2 Å². The normalized spacial score (nSPS) is 11.0. The molecule has 0 N–H and O–H groups in total. The van der Waals surface area contributed by atoms with Crippen LogP contribution in [0.4, 0.5) is 0 Å². The Labute approximate surface area is 772 Å². The van der Waals surface area contributed by atoms with E-state index in [4.69, 9.17) is 19.9 Å². The Bertz CT molecular complexity index is 7470. The molecule has 0 bridgehead atoms. The summed E-state index contributed by atoms with van der Waals surface area (Å²) in [6.07, 6.45) is 0. The predicted octanol–water partition coefficient (Wildman–Crippen LogP) is 34.3. The van der Waals surface area contributed by atoms with E-state index in [0.717, 1.165) is 117 Å². The number of aromatic nitrogens is 4. The second-order valence-corrected chi connectivity index (χ2v) is 33.1. The van der Waals surface area contributed by atoms with E-state index in [1.165, 1.54) is 94.6 Å². The van der Waals surface area contributed by atoms with Gasteiger partial charge in [-0.3, -0.25) is 0 Å². The molecule has 0 atom stereocenters. The average molecular weight is 1680 g/mol. The van der Waals surface area contributed by atoms with E-state index in [9.17, 15) is 0 Å². The highest BCUT2D eigenvalue weighted by atomic mass is 14.9. The largest absolute Gasteiger partial charge is 0.228 e. The second-order valence-electron chi connectivity index (χ2n) is 33.1. The van der Waals surface area contributed by atoms with Gasteiger partial charge in [0, 0.05) is 33.4 Å². The molecule has 4 heteroatoms. The molecule has 620 valence electrons. The van der Waals surface area contributed by atoms with Crippen molar-refractivity contribution < 1.29 is 0 Å². The molecule has 0 aliphatic heterocycles. The van der Waals surface area contributed by atoms with Gasteiger partial charge in [0.1, 0.15) is 0 Å². The molecule has 0 unspecified atom stereocenters. The summed E-state index contributed by atoms with van der Waals surface area (Å²) in [5.41, 5.74) is 41.7. The SMILES string of the molecule is c1ccc(-c2cc(-c3cc(-c4ccc(-c5ccccc5)c(-c5ccccc5)c4)cc(-c4ccc(-c5ccccc5)c(-c5ccccc5)c4)c3)nc(-c3ccccc3-c3ccccc3)n2)cc1.c1ccc(-c2ccc(-c3nc(-c4ccccc4)cc(-c4cc(-c5ccc(-c6ccccc6)c(-c6ccccc6)c5)cc(-c5ccc(-c6ccccc6)c(-c6ccccc6)c5)c4)n3)cc2)cc1. The van der Waals surface area contributed by atoms with Crippen LogP contribution in [-0.4, -0.2) is 19.9 Å². The summed E-state index contributed by atoms with van der Waals surface area (Å²) >= 11 is 0. The first kappa shape index (κ1) is 81.6. The second kappa shape index (κ2) is 38.0. The van der Waals surface area contributed by atoms with E-state index >= 15 is 0 Å². The topological polar surface area (TPSA) is 51.6 Å². The molecule has 2 heterocycles. The minimum atomic E-state index is 0.676. The van der Waals surface area contributed by atoms with Crippen LogP contribution in [0, 0.1) is 0 Å². The van der Waals surface area contributed by atoms with Crippen molar-refractivity contribution in [2.45, 2.75) is 0 Å². The Morgan fingerprint density at radius 3 is 0.523 bits per heavy atom. The minimum absolute atomic E-state index is 0.676. The fourth-order valence-corrected chi connectivity index (χ4v) is 18.0. The molecule has 0 fully saturated rings. The van der Waals surface area contributed by atoms with Crippen molar-refractivity contribution in [3.8, 4) is 224 Å². The lowest BCUT2D eigenvalue weighted by Gasteiger charge is -2.17. The maximum atomic E-state index is 5.48. The first-order valence-electron chi connectivity index (χ1n) is 44.9. The fourth-order valence-electron chi connectivity index (χ4n) is 18.0. The molecule has 0 radical (unpaired) electrons. The van der Waals surface area contributed by atoms with Gasteiger partial charge in [0.15, 0.2) is 11.6 Å². The van der Waals surface area contributed by atoms with Crippen LogP contribution in [0.5, 0.6) is 0 Å². The Hall–Kier alpha value is -17.4. The lowest BCUT2D eigenvalue weighted by atomic mass is 9.88. The van der Waals surface area contributed by atoms with Crippen LogP contribution in [0.25, 0.3) is 224 Å². The molecule has 22 rings (SSSR count). The molecular formula is C128H88N4. The summed E-state index contributed by atoms with van der Waals surface area (Å²) in [6.45, 7) is 0. The van der Waals surface area contributed by atoms with Crippen molar-refractivity contribution in [3.63, 3.8) is 0 Å². The highest BCUT2D eigenvalue weighted by molar-refractivity contribution is 5.96. The van der Waals surface area contributed by atoms with E-state index in [-0.39, 0.29) is 0 Å². The van der Waals surface area contributed by atoms with Crippen LogP contribution >= 0.6 is 0 Å². The van der Waals surface area contributed by atoms with E-state index in [0.29, 0.717) is 11.6 Å². The first-order valence-corrected chi connectivity index (χ1v) is 44.9. The zero-order valence-corrected chi connectivity index (χ0v) is 72.6. The third kappa shape index (κ3) is 17.9. The molecule has 0 spiro atoms. The van der Waals surface area contributed by atoms with Crippen molar-refractivity contribution in [3.05, 3.63) is 534 Å². The van der Waals surface area contributed by atoms with E-state index in [1.54, 1.807) is 0 Å². The summed E-state index contributed by atoms with van der Waals surface area (Å²) in [4.78, 5) is 21.4. The maximum absolute atomic E-state index is 5.48. The van der Waals surface area contributed by atoms with Crippen LogP contribution in [0.15, 0.2) is 534 Å². The molecule has 0 aliphatic rings. The van der Waals surface area contributed by atoms with Gasteiger partial charge in [-0.25, -0.2) is 19.9 Å². The lowest BCUT2D eigenvalue weighted by Crippen LogP contribution is -1.98. The third-order valence-electron chi connectivity index (χ3n) is 24.6. The lowest BCUT2D eigenvalue weighted by molar-refractivity contribution is 1.18. The van der Waals surface area contributed by atoms with Gasteiger partial charge in [-0.15, -0.1) is 0 Å². The Morgan fingerprint density at radius 2 is 0.258 bits per heavy atom. The van der Waals surface area contributed by atoms with Crippen molar-refractivity contribution in [1.29, 1.82) is 0 Å². The molecule has 0 saturated carbocycles. The average Bonchev–Trinajstić information content (AvgIpc) is 0.760. The maximum Gasteiger partial charge on any atom is 0.161 e. The van der Waals surface area contributed by atoms with Gasteiger partial charge >= 0.3 is 0 Å². The monoisotopic (exact) mass is 1680 g/mol. The quantitative estimate of drug-likeness (QED) is 0.0763. The van der Waals surface area contributed by atoms with Crippen LogP contribution in [0.3, 0.4) is 0 Å². The van der Waals surface area contributed by atoms with Gasteiger partial charge in [-0.2, -0.15) is 0 Å². The van der Waals surface area contributed by atoms with Gasteiger partial charge < -0.3 is 0 Å². The summed E-state index contributed by atoms with van der Waals surface area (Å²) in [6, 6.07) is 190. The van der Waals surface area contributed by atoms with Crippen LogP contribution < -0.4 is 0 Å². The fraction of sp³-hybridized carbons (Fsp3) is 0. The van der Waals surface area contributed by atoms with Crippen LogP contribution in [0.2, 0.25) is 0 Å². The zero-order valence-electron chi connectivity index (χ0n) is 72.6. The number of hydrogen-bond acceptors (Lipinski definition) is 4.